The summed E-state index contributed by atoms with van der Waals surface area (Å²) < 4.78 is 26.5. The van der Waals surface area contributed by atoms with Crippen LogP contribution in [0.3, 0.4) is 0 Å². The molecule has 0 unspecified atom stereocenters. The van der Waals surface area contributed by atoms with E-state index in [0.29, 0.717) is 24.2 Å². The lowest BCUT2D eigenvalue weighted by atomic mass is 10.0. The van der Waals surface area contributed by atoms with E-state index < -0.39 is 10.0 Å². The molecule has 20 heavy (non-hydrogen) atoms. The second-order valence-electron chi connectivity index (χ2n) is 4.96. The molecule has 1 aliphatic heterocycles. The molecule has 0 amide bonds. The summed E-state index contributed by atoms with van der Waals surface area (Å²) in [6.07, 6.45) is 6.15. The van der Waals surface area contributed by atoms with Crippen molar-refractivity contribution in [3.8, 4) is 0 Å². The summed E-state index contributed by atoms with van der Waals surface area (Å²) in [5.74, 6) is 0. The van der Waals surface area contributed by atoms with Crippen molar-refractivity contribution in [2.45, 2.75) is 37.4 Å². The van der Waals surface area contributed by atoms with Gasteiger partial charge in [-0.2, -0.15) is 0 Å². The zero-order chi connectivity index (χ0) is 14.6. The molecule has 1 N–H and O–H groups in total. The average molecular weight is 319 g/mol. The standard InChI is InChI=1S/C12H19ClN4O2S/c1-10-4-2-3-6-17(10)7-5-16-20(18,19)12-14-8-11(13)9-15-12/h8-10,16H,2-7H2,1H3/t10-/m0/s1. The van der Waals surface area contributed by atoms with Crippen LogP contribution in [0.4, 0.5) is 0 Å². The molecule has 1 atom stereocenters. The van der Waals surface area contributed by atoms with Gasteiger partial charge < -0.3 is 0 Å². The number of likely N-dealkylation sites (tertiary alicyclic amines) is 1. The monoisotopic (exact) mass is 318 g/mol. The quantitative estimate of drug-likeness (QED) is 0.828. The van der Waals surface area contributed by atoms with E-state index in [0.717, 1.165) is 6.54 Å². The Labute approximate surface area is 124 Å². The Morgan fingerprint density at radius 3 is 2.75 bits per heavy atom. The van der Waals surface area contributed by atoms with Gasteiger partial charge >= 0.3 is 0 Å². The van der Waals surface area contributed by atoms with Crippen molar-refractivity contribution in [3.63, 3.8) is 0 Å². The number of hydrogen-bond acceptors (Lipinski definition) is 5. The first-order chi connectivity index (χ1) is 9.49. The third-order valence-electron chi connectivity index (χ3n) is 3.47. The first kappa shape index (κ1) is 15.6. The lowest BCUT2D eigenvalue weighted by Gasteiger charge is -2.33. The Morgan fingerprint density at radius 1 is 1.40 bits per heavy atom. The fourth-order valence-electron chi connectivity index (χ4n) is 2.32. The van der Waals surface area contributed by atoms with Gasteiger partial charge in [0.05, 0.1) is 17.4 Å². The average Bonchev–Trinajstić information content (AvgIpc) is 2.41. The van der Waals surface area contributed by atoms with Gasteiger partial charge in [-0.3, -0.25) is 4.90 Å². The molecule has 1 aliphatic rings. The van der Waals surface area contributed by atoms with E-state index in [2.05, 4.69) is 26.5 Å². The molecule has 1 saturated heterocycles. The first-order valence-electron chi connectivity index (χ1n) is 6.70. The number of rotatable bonds is 5. The molecule has 112 valence electrons. The maximum Gasteiger partial charge on any atom is 0.276 e. The predicted octanol–water partition coefficient (Wildman–Crippen LogP) is 1.28. The topological polar surface area (TPSA) is 75.2 Å². The zero-order valence-electron chi connectivity index (χ0n) is 11.4. The van der Waals surface area contributed by atoms with Crippen LogP contribution in [-0.4, -0.2) is 49.0 Å². The van der Waals surface area contributed by atoms with Crippen molar-refractivity contribution in [2.24, 2.45) is 0 Å². The second kappa shape index (κ2) is 6.80. The molecular formula is C12H19ClN4O2S. The molecule has 2 heterocycles. The lowest BCUT2D eigenvalue weighted by molar-refractivity contribution is 0.164. The van der Waals surface area contributed by atoms with Gasteiger partial charge in [-0.05, 0) is 26.3 Å². The van der Waals surface area contributed by atoms with E-state index in [1.54, 1.807) is 0 Å². The Morgan fingerprint density at radius 2 is 2.10 bits per heavy atom. The van der Waals surface area contributed by atoms with E-state index in [9.17, 15) is 8.42 Å². The van der Waals surface area contributed by atoms with Crippen LogP contribution in [0.25, 0.3) is 0 Å². The van der Waals surface area contributed by atoms with Gasteiger partial charge in [-0.1, -0.05) is 18.0 Å². The molecule has 0 bridgehead atoms. The number of nitrogens with zero attached hydrogens (tertiary/aromatic N) is 3. The summed E-state index contributed by atoms with van der Waals surface area (Å²) in [6.45, 7) is 4.27. The Balaban J connectivity index is 1.87. The number of nitrogens with one attached hydrogen (secondary N) is 1. The summed E-state index contributed by atoms with van der Waals surface area (Å²) in [4.78, 5) is 9.75. The minimum absolute atomic E-state index is 0.242. The van der Waals surface area contributed by atoms with Crippen LogP contribution in [0.15, 0.2) is 17.6 Å². The summed E-state index contributed by atoms with van der Waals surface area (Å²) in [5.41, 5.74) is 0. The van der Waals surface area contributed by atoms with Gasteiger partial charge in [0, 0.05) is 19.1 Å². The van der Waals surface area contributed by atoms with Gasteiger partial charge in [-0.15, -0.1) is 0 Å². The van der Waals surface area contributed by atoms with Gasteiger partial charge in [0.2, 0.25) is 0 Å². The molecule has 8 heteroatoms. The van der Waals surface area contributed by atoms with Crippen molar-refractivity contribution >= 4 is 21.6 Å². The van der Waals surface area contributed by atoms with Gasteiger partial charge in [-0.25, -0.2) is 23.1 Å². The molecule has 1 aromatic heterocycles. The predicted molar refractivity (Wildman–Crippen MR) is 77.1 cm³/mol. The number of piperidine rings is 1. The Hall–Kier alpha value is -0.760. The molecule has 0 spiro atoms. The largest absolute Gasteiger partial charge is 0.299 e. The van der Waals surface area contributed by atoms with Crippen LogP contribution in [0.2, 0.25) is 5.02 Å². The maximum atomic E-state index is 12.0. The molecule has 1 aromatic rings. The molecule has 0 saturated carbocycles. The van der Waals surface area contributed by atoms with Crippen LogP contribution < -0.4 is 4.72 Å². The fourth-order valence-corrected chi connectivity index (χ4v) is 3.29. The highest BCUT2D eigenvalue weighted by molar-refractivity contribution is 7.89. The van der Waals surface area contributed by atoms with Gasteiger partial charge in [0.15, 0.2) is 0 Å². The molecule has 6 nitrogen and oxygen atoms in total. The third kappa shape index (κ3) is 4.12. The smallest absolute Gasteiger partial charge is 0.276 e. The molecule has 0 radical (unpaired) electrons. The lowest BCUT2D eigenvalue weighted by Crippen LogP contribution is -2.42. The second-order valence-corrected chi connectivity index (χ2v) is 7.06. The molecule has 0 aliphatic carbocycles. The highest BCUT2D eigenvalue weighted by Gasteiger charge is 2.20. The normalized spacial score (nSPS) is 21.0. The van der Waals surface area contributed by atoms with E-state index in [1.165, 1.54) is 31.7 Å². The Kier molecular flexibility index (Phi) is 5.31. The zero-order valence-corrected chi connectivity index (χ0v) is 13.0. The van der Waals surface area contributed by atoms with Gasteiger partial charge in [0.25, 0.3) is 15.2 Å². The fraction of sp³-hybridized carbons (Fsp3) is 0.667. The Bertz CT molecular complexity index is 535. The van der Waals surface area contributed by atoms with Crippen molar-refractivity contribution in [1.29, 1.82) is 0 Å². The highest BCUT2D eigenvalue weighted by Crippen LogP contribution is 2.15. The molecule has 1 fully saturated rings. The number of aromatic nitrogens is 2. The summed E-state index contributed by atoms with van der Waals surface area (Å²) >= 11 is 5.64. The maximum absolute atomic E-state index is 12.0. The number of sulfonamides is 1. The van der Waals surface area contributed by atoms with Crippen LogP contribution in [0.5, 0.6) is 0 Å². The van der Waals surface area contributed by atoms with Crippen molar-refractivity contribution in [3.05, 3.63) is 17.4 Å². The minimum Gasteiger partial charge on any atom is -0.299 e. The van der Waals surface area contributed by atoms with E-state index in [-0.39, 0.29) is 5.16 Å². The first-order valence-corrected chi connectivity index (χ1v) is 8.56. The summed E-state index contributed by atoms with van der Waals surface area (Å²) in [6, 6.07) is 0.514. The van der Waals surface area contributed by atoms with E-state index in [4.69, 9.17) is 11.6 Å². The number of hydrogen-bond donors (Lipinski definition) is 1. The van der Waals surface area contributed by atoms with Crippen LogP contribution in [0.1, 0.15) is 26.2 Å². The van der Waals surface area contributed by atoms with Crippen LogP contribution in [0, 0.1) is 0 Å². The molecule has 2 rings (SSSR count). The van der Waals surface area contributed by atoms with Crippen molar-refractivity contribution < 1.29 is 8.42 Å². The summed E-state index contributed by atoms with van der Waals surface area (Å²) in [7, 11) is -3.65. The van der Waals surface area contributed by atoms with E-state index in [1.807, 2.05) is 0 Å². The molecular weight excluding hydrogens is 300 g/mol. The van der Waals surface area contributed by atoms with Crippen molar-refractivity contribution in [1.82, 2.24) is 19.6 Å². The third-order valence-corrected chi connectivity index (χ3v) is 4.94. The highest BCUT2D eigenvalue weighted by atomic mass is 35.5. The van der Waals surface area contributed by atoms with Crippen molar-refractivity contribution in [2.75, 3.05) is 19.6 Å². The van der Waals surface area contributed by atoms with E-state index >= 15 is 0 Å². The van der Waals surface area contributed by atoms with Gasteiger partial charge in [0.1, 0.15) is 0 Å². The summed E-state index contributed by atoms with van der Waals surface area (Å²) in [5, 5.41) is 0.0692. The van der Waals surface area contributed by atoms with Crippen LogP contribution >= 0.6 is 11.6 Å². The van der Waals surface area contributed by atoms with Crippen LogP contribution in [-0.2, 0) is 10.0 Å². The minimum atomic E-state index is -3.65. The number of halogens is 1. The molecule has 0 aromatic carbocycles. The SMILES string of the molecule is C[C@H]1CCCCN1CCNS(=O)(=O)c1ncc(Cl)cn1.